The minimum Gasteiger partial charge on any atom is -0.300 e. The fraction of sp³-hybridized carbons (Fsp3) is 0.842. The summed E-state index contributed by atoms with van der Waals surface area (Å²) < 4.78 is 0. The number of carbonyl (C=O) groups excluding carboxylic acids is 4. The van der Waals surface area contributed by atoms with Crippen molar-refractivity contribution in [1.82, 2.24) is 0 Å². The van der Waals surface area contributed by atoms with Crippen molar-refractivity contribution >= 4 is 23.1 Å². The van der Waals surface area contributed by atoms with Crippen molar-refractivity contribution in [3.05, 3.63) is 48.6 Å². The zero-order valence-electron chi connectivity index (χ0n) is 54.2. The van der Waals surface area contributed by atoms with Crippen molar-refractivity contribution in [1.29, 1.82) is 0 Å². The molecule has 1 aliphatic carbocycles. The van der Waals surface area contributed by atoms with E-state index in [2.05, 4.69) is 76.3 Å². The van der Waals surface area contributed by atoms with Crippen LogP contribution in [0.25, 0.3) is 0 Å². The molecule has 0 aromatic carbocycles. The fourth-order valence-electron chi connectivity index (χ4n) is 12.4. The Bertz CT molecular complexity index is 1290. The Kier molecular flexibility index (Phi) is 56.5. The minimum absolute atomic E-state index is 0.479. The summed E-state index contributed by atoms with van der Waals surface area (Å²) >= 11 is 0. The van der Waals surface area contributed by atoms with Gasteiger partial charge in [0, 0.05) is 51.4 Å². The van der Waals surface area contributed by atoms with Gasteiger partial charge in [-0.2, -0.15) is 0 Å². The van der Waals surface area contributed by atoms with Gasteiger partial charge in [0.15, 0.2) is 0 Å². The van der Waals surface area contributed by atoms with Gasteiger partial charge < -0.3 is 0 Å². The first kappa shape index (κ1) is 75.7. The lowest BCUT2D eigenvalue weighted by Gasteiger charge is -2.15. The Balaban J connectivity index is 2.81. The van der Waals surface area contributed by atoms with Crippen LogP contribution in [-0.2, 0) is 19.2 Å². The summed E-state index contributed by atoms with van der Waals surface area (Å²) in [6, 6.07) is 0. The second-order valence-corrected chi connectivity index (χ2v) is 25.9. The van der Waals surface area contributed by atoms with E-state index in [-0.39, 0.29) is 0 Å². The predicted octanol–water partition coefficient (Wildman–Crippen LogP) is 24.9. The summed E-state index contributed by atoms with van der Waals surface area (Å²) in [6.45, 7) is 9.10. The molecule has 0 saturated carbocycles. The summed E-state index contributed by atoms with van der Waals surface area (Å²) in [5, 5.41) is 0. The van der Waals surface area contributed by atoms with E-state index in [0.29, 0.717) is 46.8 Å². The van der Waals surface area contributed by atoms with E-state index in [4.69, 9.17) is 0 Å². The van der Waals surface area contributed by atoms with E-state index in [1.807, 2.05) is 0 Å². The highest BCUT2D eigenvalue weighted by molar-refractivity contribution is 5.79. The summed E-state index contributed by atoms with van der Waals surface area (Å²) in [6.07, 6.45) is 82.3. The van der Waals surface area contributed by atoms with Gasteiger partial charge in [-0.25, -0.2) is 0 Å². The summed E-state index contributed by atoms with van der Waals surface area (Å²) in [5.74, 6) is 3.88. The lowest BCUT2D eigenvalue weighted by atomic mass is 9.90. The molecule has 0 heterocycles. The monoisotopic (exact) mass is 1110 g/mol. The van der Waals surface area contributed by atoms with Gasteiger partial charge in [0.1, 0.15) is 23.1 Å². The van der Waals surface area contributed by atoms with Crippen LogP contribution in [0.5, 0.6) is 0 Å². The molecule has 1 rings (SSSR count). The van der Waals surface area contributed by atoms with Crippen LogP contribution in [0.15, 0.2) is 48.6 Å². The van der Waals surface area contributed by atoms with Gasteiger partial charge in [-0.05, 0) is 152 Å². The highest BCUT2D eigenvalue weighted by atomic mass is 16.1. The summed E-state index contributed by atoms with van der Waals surface area (Å²) in [7, 11) is 0. The second kappa shape index (κ2) is 59.8. The van der Waals surface area contributed by atoms with E-state index in [9.17, 15) is 19.2 Å². The van der Waals surface area contributed by atoms with E-state index in [0.717, 1.165) is 154 Å². The third-order valence-corrected chi connectivity index (χ3v) is 17.8. The van der Waals surface area contributed by atoms with Crippen LogP contribution in [0, 0.1) is 23.7 Å². The van der Waals surface area contributed by atoms with Crippen molar-refractivity contribution in [2.45, 2.75) is 387 Å². The fourth-order valence-corrected chi connectivity index (χ4v) is 12.4. The van der Waals surface area contributed by atoms with Crippen LogP contribution in [-0.4, -0.2) is 23.1 Å². The Morgan fingerprint density at radius 1 is 0.250 bits per heavy atom. The molecule has 0 bridgehead atoms. The molecule has 1 aliphatic rings. The zero-order chi connectivity index (χ0) is 57.9. The van der Waals surface area contributed by atoms with Gasteiger partial charge in [0.2, 0.25) is 0 Å². The quantitative estimate of drug-likeness (QED) is 0.0900. The van der Waals surface area contributed by atoms with Gasteiger partial charge in [0.25, 0.3) is 0 Å². The molecule has 0 spiro atoms. The molecule has 4 atom stereocenters. The highest BCUT2D eigenvalue weighted by Crippen LogP contribution is 2.26. The van der Waals surface area contributed by atoms with Crippen molar-refractivity contribution in [2.75, 3.05) is 0 Å². The Morgan fingerprint density at radius 2 is 0.450 bits per heavy atom. The standard InChI is InChI=1S/C76H136O4/c1-5-9-13-41-53-69-57-45-33-25-17-21-30-38-50-62-74(78)66-71(55-43-15-11-7-3)59-47-35-27-19-23-32-40-52-64-76(80)68-72(56-44-16-12-8-4)60-48-36-28-20-24-31-39-51-63-75(79)67-70(54-42-14-10-6-2)58-46-34-26-18-22-29-37-49-61-73(77)65-69/h33-36,45-48,69-72H,5-32,37-44,49-68H2,1-4H3. The van der Waals surface area contributed by atoms with E-state index < -0.39 is 0 Å². The van der Waals surface area contributed by atoms with Crippen LogP contribution in [0.3, 0.4) is 0 Å². The maximum atomic E-state index is 13.2. The van der Waals surface area contributed by atoms with Gasteiger partial charge >= 0.3 is 0 Å². The lowest BCUT2D eigenvalue weighted by Crippen LogP contribution is -2.08. The number of unbranched alkanes of at least 4 members (excludes halogenated alkanes) is 12. The van der Waals surface area contributed by atoms with E-state index >= 15 is 0 Å². The predicted molar refractivity (Wildman–Crippen MR) is 352 cm³/mol. The zero-order valence-corrected chi connectivity index (χ0v) is 54.2. The lowest BCUT2D eigenvalue weighted by molar-refractivity contribution is -0.121. The molecule has 0 aromatic rings. The van der Waals surface area contributed by atoms with Crippen molar-refractivity contribution in [2.24, 2.45) is 23.7 Å². The number of Topliss-reactive ketones (excluding diaryl/α,β-unsaturated/α-hetero) is 4. The molecule has 0 saturated heterocycles. The molecule has 4 heteroatoms. The molecule has 0 N–H and O–H groups in total. The number of rotatable bonds is 20. The van der Waals surface area contributed by atoms with E-state index in [1.165, 1.54) is 205 Å². The largest absolute Gasteiger partial charge is 0.300 e. The number of allylic oxidation sites excluding steroid dienone is 8. The topological polar surface area (TPSA) is 68.3 Å². The molecule has 80 heavy (non-hydrogen) atoms. The van der Waals surface area contributed by atoms with Gasteiger partial charge in [-0.15, -0.1) is 0 Å². The minimum atomic E-state index is 0.479. The van der Waals surface area contributed by atoms with Gasteiger partial charge in [0.05, 0.1) is 0 Å². The normalized spacial score (nSPS) is 22.9. The maximum Gasteiger partial charge on any atom is 0.133 e. The third kappa shape index (κ3) is 52.4. The molecular weight excluding hydrogens is 977 g/mol. The van der Waals surface area contributed by atoms with Crippen LogP contribution in [0.1, 0.15) is 387 Å². The van der Waals surface area contributed by atoms with Crippen LogP contribution in [0.4, 0.5) is 0 Å². The average Bonchev–Trinajstić information content (AvgIpc) is 3.44. The van der Waals surface area contributed by atoms with Crippen LogP contribution in [0.2, 0.25) is 0 Å². The van der Waals surface area contributed by atoms with Crippen molar-refractivity contribution in [3.8, 4) is 0 Å². The first-order valence-electron chi connectivity index (χ1n) is 36.0. The molecule has 4 unspecified atom stereocenters. The summed E-state index contributed by atoms with van der Waals surface area (Å²) in [4.78, 5) is 52.7. The first-order valence-corrected chi connectivity index (χ1v) is 36.0. The maximum absolute atomic E-state index is 13.2. The molecule has 0 aromatic heterocycles. The number of hydrogen-bond acceptors (Lipinski definition) is 4. The Hall–Kier alpha value is -2.36. The Morgan fingerprint density at radius 3 is 0.662 bits per heavy atom. The number of ketones is 4. The molecule has 4 nitrogen and oxygen atoms in total. The third-order valence-electron chi connectivity index (χ3n) is 17.8. The molecule has 0 aliphatic heterocycles. The van der Waals surface area contributed by atoms with E-state index in [1.54, 1.807) is 0 Å². The van der Waals surface area contributed by atoms with Crippen molar-refractivity contribution in [3.63, 3.8) is 0 Å². The Labute approximate surface area is 499 Å². The van der Waals surface area contributed by atoms with Crippen molar-refractivity contribution < 1.29 is 19.2 Å². The summed E-state index contributed by atoms with van der Waals surface area (Å²) in [5.41, 5.74) is 0. The highest BCUT2D eigenvalue weighted by Gasteiger charge is 2.17. The molecular formula is C76H136O4. The molecule has 0 amide bonds. The number of hydrogen-bond donors (Lipinski definition) is 0. The van der Waals surface area contributed by atoms with Gasteiger partial charge in [-0.1, -0.05) is 256 Å². The molecule has 0 fully saturated rings. The van der Waals surface area contributed by atoms with Gasteiger partial charge in [-0.3, -0.25) is 19.2 Å². The SMILES string of the molecule is CCCCCCC1CC=CCCCCCCCC(=O)CC(CCCCCC)CC=CCCCCCCCC(=O)CC(CCCCCC)CC=CCCCCCCCC(=O)CC(CCCCCC)CC=CCCCCCCCC(=O)C1. The average molecular weight is 1110 g/mol. The first-order chi connectivity index (χ1) is 39.3. The van der Waals surface area contributed by atoms with Crippen LogP contribution < -0.4 is 0 Å². The molecule has 464 valence electrons. The molecule has 0 radical (unpaired) electrons. The smallest absolute Gasteiger partial charge is 0.133 e. The van der Waals surface area contributed by atoms with Crippen LogP contribution >= 0.6 is 0 Å². The second-order valence-electron chi connectivity index (χ2n) is 25.9. The number of carbonyl (C=O) groups is 4.